The number of carbonyl (C=O) groups excluding carboxylic acids is 3. The number of nitro benzene ring substituents is 1. The molecule has 1 aliphatic heterocycles. The Bertz CT molecular complexity index is 1060. The van der Waals surface area contributed by atoms with Crippen LogP contribution < -0.4 is 19.7 Å². The van der Waals surface area contributed by atoms with Crippen LogP contribution in [0.5, 0.6) is 11.5 Å². The fraction of sp³-hybridized carbons (Fsp3) is 0.286. The Labute approximate surface area is 183 Å². The van der Waals surface area contributed by atoms with Gasteiger partial charge in [0.15, 0.2) is 6.61 Å². The van der Waals surface area contributed by atoms with Gasteiger partial charge >= 0.3 is 5.97 Å². The summed E-state index contributed by atoms with van der Waals surface area (Å²) in [5.74, 6) is -1.81. The standard InChI is InChI=1S/C21H21N3O8/c1-30-17-6-4-3-5-15(17)22-19(25)12-32-21(27)13-9-20(26)23(11-13)16-8-7-14(24(28)29)10-18(16)31-2/h3-8,10,13H,9,11-12H2,1-2H3,(H,22,25)/t13-/m1/s1. The summed E-state index contributed by atoms with van der Waals surface area (Å²) in [6, 6.07) is 10.6. The first-order chi connectivity index (χ1) is 15.3. The fourth-order valence-corrected chi connectivity index (χ4v) is 3.29. The van der Waals surface area contributed by atoms with Gasteiger partial charge in [-0.25, -0.2) is 0 Å². The van der Waals surface area contributed by atoms with E-state index < -0.39 is 29.3 Å². The van der Waals surface area contributed by atoms with E-state index in [1.165, 1.54) is 37.3 Å². The molecule has 0 bridgehead atoms. The SMILES string of the molecule is COc1ccccc1NC(=O)COC(=O)[C@@H]1CC(=O)N(c2ccc([N+](=O)[O-])cc2OC)C1. The second kappa shape index (κ2) is 9.77. The van der Waals surface area contributed by atoms with Crippen LogP contribution >= 0.6 is 0 Å². The summed E-state index contributed by atoms with van der Waals surface area (Å²) in [5.41, 5.74) is 0.560. The zero-order chi connectivity index (χ0) is 23.3. The Morgan fingerprint density at radius 2 is 1.88 bits per heavy atom. The number of hydrogen-bond donors (Lipinski definition) is 1. The molecule has 3 rings (SSSR count). The van der Waals surface area contributed by atoms with Crippen molar-refractivity contribution in [3.8, 4) is 11.5 Å². The number of methoxy groups -OCH3 is 2. The first-order valence-electron chi connectivity index (χ1n) is 9.56. The zero-order valence-electron chi connectivity index (χ0n) is 17.4. The van der Waals surface area contributed by atoms with Crippen LogP contribution in [0.25, 0.3) is 0 Å². The summed E-state index contributed by atoms with van der Waals surface area (Å²) in [5, 5.41) is 13.5. The Morgan fingerprint density at radius 1 is 1.16 bits per heavy atom. The largest absolute Gasteiger partial charge is 0.495 e. The molecule has 11 heteroatoms. The van der Waals surface area contributed by atoms with Crippen molar-refractivity contribution in [1.82, 2.24) is 0 Å². The van der Waals surface area contributed by atoms with Gasteiger partial charge in [0.05, 0.1) is 42.5 Å². The van der Waals surface area contributed by atoms with E-state index in [4.69, 9.17) is 14.2 Å². The van der Waals surface area contributed by atoms with E-state index >= 15 is 0 Å². The third-order valence-corrected chi connectivity index (χ3v) is 4.85. The van der Waals surface area contributed by atoms with E-state index in [0.717, 1.165) is 0 Å². The van der Waals surface area contributed by atoms with Gasteiger partial charge in [0.2, 0.25) is 5.91 Å². The Hall–Kier alpha value is -4.15. The minimum atomic E-state index is -0.790. The number of benzene rings is 2. The first kappa shape index (κ1) is 22.5. The number of carbonyl (C=O) groups is 3. The summed E-state index contributed by atoms with van der Waals surface area (Å²) in [7, 11) is 2.79. The number of ether oxygens (including phenoxy) is 3. The van der Waals surface area contributed by atoms with Gasteiger partial charge < -0.3 is 24.4 Å². The maximum atomic E-state index is 12.5. The summed E-state index contributed by atoms with van der Waals surface area (Å²) in [4.78, 5) is 48.7. The lowest BCUT2D eigenvalue weighted by Gasteiger charge is -2.19. The predicted octanol–water partition coefficient (Wildman–Crippen LogP) is 2.15. The molecule has 1 fully saturated rings. The number of para-hydroxylation sites is 2. The van der Waals surface area contributed by atoms with Crippen LogP contribution in [0.4, 0.5) is 17.1 Å². The van der Waals surface area contributed by atoms with Crippen LogP contribution in [0.1, 0.15) is 6.42 Å². The number of esters is 1. The average molecular weight is 443 g/mol. The van der Waals surface area contributed by atoms with E-state index in [2.05, 4.69) is 5.32 Å². The van der Waals surface area contributed by atoms with Crippen molar-refractivity contribution in [2.75, 3.05) is 37.6 Å². The molecular weight excluding hydrogens is 422 g/mol. The highest BCUT2D eigenvalue weighted by Crippen LogP contribution is 2.36. The molecular formula is C21H21N3O8. The molecule has 0 spiro atoms. The van der Waals surface area contributed by atoms with Crippen molar-refractivity contribution in [3.63, 3.8) is 0 Å². The molecule has 0 saturated carbocycles. The molecule has 0 aromatic heterocycles. The highest BCUT2D eigenvalue weighted by atomic mass is 16.6. The molecule has 32 heavy (non-hydrogen) atoms. The number of nitro groups is 1. The van der Waals surface area contributed by atoms with Crippen molar-refractivity contribution < 1.29 is 33.5 Å². The minimum absolute atomic E-state index is 0.0000349. The molecule has 1 heterocycles. The minimum Gasteiger partial charge on any atom is -0.495 e. The van der Waals surface area contributed by atoms with E-state index in [-0.39, 0.29) is 30.3 Å². The number of rotatable bonds is 8. The molecule has 1 N–H and O–H groups in total. The Balaban J connectivity index is 1.60. The quantitative estimate of drug-likeness (QED) is 0.372. The summed E-state index contributed by atoms with van der Waals surface area (Å²) in [6.45, 7) is -0.525. The fourth-order valence-electron chi connectivity index (χ4n) is 3.29. The van der Waals surface area contributed by atoms with Crippen molar-refractivity contribution >= 4 is 34.8 Å². The summed E-state index contributed by atoms with van der Waals surface area (Å²) >= 11 is 0. The van der Waals surface area contributed by atoms with Gasteiger partial charge in [0.25, 0.3) is 11.6 Å². The number of anilines is 2. The second-order valence-electron chi connectivity index (χ2n) is 6.87. The topological polar surface area (TPSA) is 137 Å². The molecule has 0 aliphatic carbocycles. The van der Waals surface area contributed by atoms with Gasteiger partial charge in [0.1, 0.15) is 11.5 Å². The van der Waals surface area contributed by atoms with E-state index in [1.54, 1.807) is 24.3 Å². The Kier molecular flexibility index (Phi) is 6.88. The molecule has 2 amide bonds. The summed E-state index contributed by atoms with van der Waals surface area (Å²) in [6.07, 6.45) is -0.118. The molecule has 2 aromatic carbocycles. The number of nitrogens with zero attached hydrogens (tertiary/aromatic N) is 2. The molecule has 1 atom stereocenters. The smallest absolute Gasteiger partial charge is 0.311 e. The molecule has 168 valence electrons. The lowest BCUT2D eigenvalue weighted by molar-refractivity contribution is -0.384. The first-order valence-corrected chi connectivity index (χ1v) is 9.56. The van der Waals surface area contributed by atoms with Gasteiger partial charge in [-0.2, -0.15) is 0 Å². The molecule has 0 radical (unpaired) electrons. The number of nitrogens with one attached hydrogen (secondary N) is 1. The molecule has 0 unspecified atom stereocenters. The van der Waals surface area contributed by atoms with Crippen LogP contribution in [0.2, 0.25) is 0 Å². The van der Waals surface area contributed by atoms with E-state index in [9.17, 15) is 24.5 Å². The lowest BCUT2D eigenvalue weighted by atomic mass is 10.1. The lowest BCUT2D eigenvalue weighted by Crippen LogP contribution is -2.28. The zero-order valence-corrected chi connectivity index (χ0v) is 17.4. The van der Waals surface area contributed by atoms with Crippen LogP contribution in [0.15, 0.2) is 42.5 Å². The van der Waals surface area contributed by atoms with Crippen LogP contribution in [0.3, 0.4) is 0 Å². The third kappa shape index (κ3) is 4.94. The van der Waals surface area contributed by atoms with Gasteiger partial charge in [-0.3, -0.25) is 24.5 Å². The highest BCUT2D eigenvalue weighted by Gasteiger charge is 2.37. The van der Waals surface area contributed by atoms with Crippen molar-refractivity contribution in [2.24, 2.45) is 5.92 Å². The third-order valence-electron chi connectivity index (χ3n) is 4.85. The van der Waals surface area contributed by atoms with Crippen molar-refractivity contribution in [2.45, 2.75) is 6.42 Å². The number of hydrogen-bond acceptors (Lipinski definition) is 8. The summed E-state index contributed by atoms with van der Waals surface area (Å²) < 4.78 is 15.4. The molecule has 11 nitrogen and oxygen atoms in total. The van der Waals surface area contributed by atoms with E-state index in [1.807, 2.05) is 0 Å². The maximum Gasteiger partial charge on any atom is 0.311 e. The van der Waals surface area contributed by atoms with Gasteiger partial charge in [-0.05, 0) is 18.2 Å². The Morgan fingerprint density at radius 3 is 2.56 bits per heavy atom. The maximum absolute atomic E-state index is 12.5. The molecule has 1 aliphatic rings. The van der Waals surface area contributed by atoms with Crippen LogP contribution in [0, 0.1) is 16.0 Å². The molecule has 2 aromatic rings. The van der Waals surface area contributed by atoms with Crippen LogP contribution in [-0.2, 0) is 19.1 Å². The molecule has 1 saturated heterocycles. The highest BCUT2D eigenvalue weighted by molar-refractivity contribution is 6.01. The van der Waals surface area contributed by atoms with Crippen molar-refractivity contribution in [1.29, 1.82) is 0 Å². The van der Waals surface area contributed by atoms with E-state index in [0.29, 0.717) is 17.1 Å². The second-order valence-corrected chi connectivity index (χ2v) is 6.87. The van der Waals surface area contributed by atoms with Crippen LogP contribution in [-0.4, -0.2) is 50.1 Å². The van der Waals surface area contributed by atoms with Crippen molar-refractivity contribution in [3.05, 3.63) is 52.6 Å². The average Bonchev–Trinajstić information content (AvgIpc) is 3.18. The number of amides is 2. The monoisotopic (exact) mass is 443 g/mol. The predicted molar refractivity (Wildman–Crippen MR) is 113 cm³/mol. The number of non-ortho nitro benzene ring substituents is 1. The normalized spacial score (nSPS) is 15.2. The van der Waals surface area contributed by atoms with Gasteiger partial charge in [0, 0.05) is 19.0 Å². The van der Waals surface area contributed by atoms with Gasteiger partial charge in [-0.1, -0.05) is 12.1 Å². The van der Waals surface area contributed by atoms with Gasteiger partial charge in [-0.15, -0.1) is 0 Å².